The highest BCUT2D eigenvalue weighted by molar-refractivity contribution is 8.15. The fraction of sp³-hybridized carbons (Fsp3) is 0.318. The SMILES string of the molecule is CO[C@@H](C)C(=O)N1N=C(c2cc(F)ccc2F)SC1(CCN(OC)C(=N)N)c1ccccc1.Cl. The molecular formula is C22H26ClF2N5O3S. The number of carbonyl (C=O) groups excluding carboxylic acids is 1. The summed E-state index contributed by atoms with van der Waals surface area (Å²) in [5, 5.41) is 14.7. The van der Waals surface area contributed by atoms with Crippen LogP contribution in [0.2, 0.25) is 0 Å². The standard InChI is InChI=1S/C22H25F2N5O3S.ClH/c1-14(31-2)20(30)29-22(15-7-5-4-6-8-15,11-12-28(32-3)21(25)26)33-19(27-29)17-13-16(23)9-10-18(17)24;/h4-10,13-14H,11-12H2,1-3H3,(H3,25,26);1H/t14-,22?;/m0./s1. The van der Waals surface area contributed by atoms with Crippen molar-refractivity contribution in [2.45, 2.75) is 24.3 Å². The Morgan fingerprint density at radius 3 is 2.53 bits per heavy atom. The predicted molar refractivity (Wildman–Crippen MR) is 129 cm³/mol. The van der Waals surface area contributed by atoms with Gasteiger partial charge in [-0.15, -0.1) is 12.4 Å². The molecule has 0 spiro atoms. The van der Waals surface area contributed by atoms with Crippen LogP contribution >= 0.6 is 24.2 Å². The van der Waals surface area contributed by atoms with E-state index in [4.69, 9.17) is 20.7 Å². The normalized spacial score (nSPS) is 18.1. The minimum atomic E-state index is -1.16. The Hall–Kier alpha value is -2.73. The summed E-state index contributed by atoms with van der Waals surface area (Å²) < 4.78 is 33.8. The van der Waals surface area contributed by atoms with Crippen molar-refractivity contribution in [3.05, 3.63) is 71.3 Å². The number of thioether (sulfide) groups is 1. The lowest BCUT2D eigenvalue weighted by Gasteiger charge is -2.37. The summed E-state index contributed by atoms with van der Waals surface area (Å²) in [7, 11) is 2.77. The third kappa shape index (κ3) is 5.49. The molecular weight excluding hydrogens is 488 g/mol. The van der Waals surface area contributed by atoms with Crippen molar-refractivity contribution in [1.29, 1.82) is 5.41 Å². The minimum absolute atomic E-state index is 0. The molecule has 1 aliphatic rings. The summed E-state index contributed by atoms with van der Waals surface area (Å²) in [6.07, 6.45) is -0.651. The van der Waals surface area contributed by atoms with Crippen LogP contribution in [-0.2, 0) is 19.2 Å². The number of methoxy groups -OCH3 is 1. The minimum Gasteiger partial charge on any atom is -0.372 e. The van der Waals surface area contributed by atoms with Gasteiger partial charge in [-0.2, -0.15) is 5.10 Å². The lowest BCUT2D eigenvalue weighted by molar-refractivity contribution is -0.145. The predicted octanol–water partition coefficient (Wildman–Crippen LogP) is 3.66. The number of nitrogens with zero attached hydrogens (tertiary/aromatic N) is 3. The molecule has 0 aromatic heterocycles. The molecule has 1 aliphatic heterocycles. The van der Waals surface area contributed by atoms with Crippen LogP contribution in [0.4, 0.5) is 8.78 Å². The Balaban J connectivity index is 0.00000408. The van der Waals surface area contributed by atoms with E-state index in [1.807, 2.05) is 18.2 Å². The maximum absolute atomic E-state index is 14.6. The average molecular weight is 514 g/mol. The number of nitrogens with two attached hydrogens (primary N) is 1. The van der Waals surface area contributed by atoms with E-state index in [9.17, 15) is 13.6 Å². The number of hydrogen-bond donors (Lipinski definition) is 2. The van der Waals surface area contributed by atoms with E-state index in [1.54, 1.807) is 19.1 Å². The highest BCUT2D eigenvalue weighted by Gasteiger charge is 2.50. The van der Waals surface area contributed by atoms with Gasteiger partial charge in [0, 0.05) is 19.1 Å². The van der Waals surface area contributed by atoms with E-state index in [1.165, 1.54) is 19.2 Å². The topological polar surface area (TPSA) is 104 Å². The van der Waals surface area contributed by atoms with E-state index < -0.39 is 28.5 Å². The van der Waals surface area contributed by atoms with Crippen molar-refractivity contribution in [3.63, 3.8) is 0 Å². The number of hydrazone groups is 1. The summed E-state index contributed by atoms with van der Waals surface area (Å²) in [6, 6.07) is 12.1. The number of carbonyl (C=O) groups is 1. The number of amides is 1. The second-order valence-electron chi connectivity index (χ2n) is 7.23. The number of halogens is 3. The number of hydroxylamine groups is 2. The van der Waals surface area contributed by atoms with Crippen molar-refractivity contribution in [2.24, 2.45) is 10.8 Å². The van der Waals surface area contributed by atoms with Crippen LogP contribution in [0.15, 0.2) is 53.6 Å². The first-order valence-corrected chi connectivity index (χ1v) is 10.9. The number of nitrogens with one attached hydrogen (secondary N) is 1. The van der Waals surface area contributed by atoms with Crippen molar-refractivity contribution >= 4 is 41.1 Å². The first kappa shape index (κ1) is 27.5. The Morgan fingerprint density at radius 1 is 1.26 bits per heavy atom. The third-order valence-electron chi connectivity index (χ3n) is 5.24. The lowest BCUT2D eigenvalue weighted by Crippen LogP contribution is -2.48. The summed E-state index contributed by atoms with van der Waals surface area (Å²) in [5.41, 5.74) is 6.23. The van der Waals surface area contributed by atoms with E-state index in [0.717, 1.165) is 35.0 Å². The first-order chi connectivity index (χ1) is 15.7. The van der Waals surface area contributed by atoms with Gasteiger partial charge in [-0.3, -0.25) is 15.0 Å². The lowest BCUT2D eigenvalue weighted by atomic mass is 10.0. The summed E-state index contributed by atoms with van der Waals surface area (Å²) in [6.45, 7) is 1.70. The zero-order valence-electron chi connectivity index (χ0n) is 18.8. The number of benzene rings is 2. The zero-order chi connectivity index (χ0) is 24.2. The molecule has 1 amide bonds. The molecule has 0 saturated carbocycles. The van der Waals surface area contributed by atoms with Gasteiger partial charge < -0.3 is 10.5 Å². The third-order valence-corrected chi connectivity index (χ3v) is 6.68. The van der Waals surface area contributed by atoms with E-state index in [-0.39, 0.29) is 41.9 Å². The maximum atomic E-state index is 14.6. The highest BCUT2D eigenvalue weighted by atomic mass is 35.5. The van der Waals surface area contributed by atoms with E-state index in [2.05, 4.69) is 5.10 Å². The molecule has 0 radical (unpaired) electrons. The molecule has 0 saturated heterocycles. The molecule has 12 heteroatoms. The summed E-state index contributed by atoms with van der Waals surface area (Å²) >= 11 is 1.12. The van der Waals surface area contributed by atoms with Gasteiger partial charge in [-0.25, -0.2) is 18.9 Å². The molecule has 1 heterocycles. The van der Waals surface area contributed by atoms with E-state index >= 15 is 0 Å². The molecule has 1 unspecified atom stereocenters. The van der Waals surface area contributed by atoms with Gasteiger partial charge in [-0.05, 0) is 30.7 Å². The molecule has 3 rings (SSSR count). The van der Waals surface area contributed by atoms with Gasteiger partial charge in [0.25, 0.3) is 5.91 Å². The van der Waals surface area contributed by atoms with Gasteiger partial charge >= 0.3 is 0 Å². The van der Waals surface area contributed by atoms with Crippen molar-refractivity contribution in [2.75, 3.05) is 20.8 Å². The van der Waals surface area contributed by atoms with Crippen molar-refractivity contribution in [3.8, 4) is 0 Å². The molecule has 2 aromatic rings. The van der Waals surface area contributed by atoms with E-state index in [0.29, 0.717) is 5.56 Å². The van der Waals surface area contributed by atoms with Crippen molar-refractivity contribution < 1.29 is 23.1 Å². The second-order valence-corrected chi connectivity index (χ2v) is 8.50. The number of ether oxygens (including phenoxy) is 1. The Kier molecular flexibility index (Phi) is 9.39. The number of hydrogen-bond acceptors (Lipinski definition) is 6. The first-order valence-electron chi connectivity index (χ1n) is 10.0. The zero-order valence-corrected chi connectivity index (χ0v) is 20.5. The molecule has 0 fully saturated rings. The number of rotatable bonds is 8. The largest absolute Gasteiger partial charge is 0.372 e. The molecule has 34 heavy (non-hydrogen) atoms. The average Bonchev–Trinajstić information content (AvgIpc) is 3.21. The fourth-order valence-corrected chi connectivity index (χ4v) is 4.78. The molecule has 0 aliphatic carbocycles. The van der Waals surface area contributed by atoms with Crippen molar-refractivity contribution in [1.82, 2.24) is 10.1 Å². The van der Waals surface area contributed by atoms with Crippen LogP contribution in [0.1, 0.15) is 24.5 Å². The van der Waals surface area contributed by atoms with Crippen LogP contribution in [0, 0.1) is 17.0 Å². The van der Waals surface area contributed by atoms with Crippen LogP contribution < -0.4 is 5.73 Å². The molecule has 2 aromatic carbocycles. The van der Waals surface area contributed by atoms with Crippen LogP contribution in [0.3, 0.4) is 0 Å². The van der Waals surface area contributed by atoms with Gasteiger partial charge in [0.15, 0.2) is 0 Å². The van der Waals surface area contributed by atoms with Gasteiger partial charge in [0.05, 0.1) is 13.7 Å². The van der Waals surface area contributed by atoms with Gasteiger partial charge in [0.1, 0.15) is 27.7 Å². The summed E-state index contributed by atoms with van der Waals surface area (Å²) in [4.78, 5) is 17.3. The van der Waals surface area contributed by atoms with Gasteiger partial charge in [0.2, 0.25) is 5.96 Å². The molecule has 0 bridgehead atoms. The monoisotopic (exact) mass is 513 g/mol. The Morgan fingerprint density at radius 2 is 1.94 bits per heavy atom. The molecule has 8 nitrogen and oxygen atoms in total. The highest BCUT2D eigenvalue weighted by Crippen LogP contribution is 2.50. The smallest absolute Gasteiger partial charge is 0.273 e. The van der Waals surface area contributed by atoms with Crippen LogP contribution in [0.5, 0.6) is 0 Å². The molecule has 184 valence electrons. The second kappa shape index (κ2) is 11.6. The quantitative estimate of drug-likeness (QED) is 0.317. The number of guanidine groups is 1. The Labute approximate surface area is 206 Å². The van der Waals surface area contributed by atoms with Crippen LogP contribution in [-0.4, -0.2) is 53.9 Å². The fourth-order valence-electron chi connectivity index (χ4n) is 3.41. The summed E-state index contributed by atoms with van der Waals surface area (Å²) in [5.74, 6) is -2.07. The van der Waals surface area contributed by atoms with Crippen LogP contribution in [0.25, 0.3) is 0 Å². The maximum Gasteiger partial charge on any atom is 0.273 e. The molecule has 2 atom stereocenters. The molecule has 3 N–H and O–H groups in total. The Bertz CT molecular complexity index is 1060. The van der Waals surface area contributed by atoms with Gasteiger partial charge in [-0.1, -0.05) is 42.1 Å².